The van der Waals surface area contributed by atoms with E-state index in [1.165, 1.54) is 29.5 Å². The maximum atomic E-state index is 9.62. The normalized spacial score (nSPS) is 28.7. The summed E-state index contributed by atoms with van der Waals surface area (Å²) in [7, 11) is 0. The predicted molar refractivity (Wildman–Crippen MR) is 70.8 cm³/mol. The lowest BCUT2D eigenvalue weighted by atomic mass is 9.67. The summed E-state index contributed by atoms with van der Waals surface area (Å²) in [5, 5.41) is 9.62. The van der Waals surface area contributed by atoms with Crippen molar-refractivity contribution in [3.63, 3.8) is 0 Å². The third kappa shape index (κ3) is 2.22. The number of hydrogen-bond acceptors (Lipinski definition) is 1. The molecule has 1 fully saturated rings. The van der Waals surface area contributed by atoms with Crippen LogP contribution in [0.2, 0.25) is 0 Å². The Bertz CT molecular complexity index is 455. The molecule has 2 unspecified atom stereocenters. The number of rotatable bonds is 1. The molecule has 0 spiro atoms. The first-order valence-electron chi connectivity index (χ1n) is 6.56. The first-order valence-corrected chi connectivity index (χ1v) is 6.56. The minimum absolute atomic E-state index is 0.226. The predicted octanol–water partition coefficient (Wildman–Crippen LogP) is 4.27. The zero-order valence-electron chi connectivity index (χ0n) is 11.1. The molecule has 1 aliphatic carbocycles. The maximum absolute atomic E-state index is 9.62. The molecule has 90 valence electrons. The van der Waals surface area contributed by atoms with Crippen LogP contribution in [0.25, 0.3) is 0 Å². The van der Waals surface area contributed by atoms with Crippen molar-refractivity contribution in [2.45, 2.75) is 51.9 Å². The summed E-state index contributed by atoms with van der Waals surface area (Å²) in [5.74, 6) is 0.671. The van der Waals surface area contributed by atoms with Crippen molar-refractivity contribution in [2.75, 3.05) is 0 Å². The van der Waals surface area contributed by atoms with Gasteiger partial charge in [-0.3, -0.25) is 0 Å². The molecule has 17 heavy (non-hydrogen) atoms. The highest BCUT2D eigenvalue weighted by atomic mass is 14.4. The van der Waals surface area contributed by atoms with Crippen LogP contribution >= 0.6 is 0 Å². The number of nitrogens with zero attached hydrogens (tertiary/aromatic N) is 1. The summed E-state index contributed by atoms with van der Waals surface area (Å²) in [6.07, 6.45) is 4.50. The van der Waals surface area contributed by atoms with Crippen LogP contribution in [0.5, 0.6) is 0 Å². The summed E-state index contributed by atoms with van der Waals surface area (Å²) in [5.41, 5.74) is 3.62. The van der Waals surface area contributed by atoms with E-state index >= 15 is 0 Å². The number of hydrogen-bond donors (Lipinski definition) is 0. The highest BCUT2D eigenvalue weighted by Crippen LogP contribution is 2.41. The molecule has 1 aromatic rings. The largest absolute Gasteiger partial charge is 0.197 e. The lowest BCUT2D eigenvalue weighted by Gasteiger charge is -2.35. The summed E-state index contributed by atoms with van der Waals surface area (Å²) < 4.78 is 0. The van der Waals surface area contributed by atoms with Gasteiger partial charge < -0.3 is 0 Å². The van der Waals surface area contributed by atoms with Gasteiger partial charge in [-0.25, -0.2) is 0 Å². The van der Waals surface area contributed by atoms with E-state index in [9.17, 15) is 5.26 Å². The first kappa shape index (κ1) is 12.2. The van der Waals surface area contributed by atoms with Crippen molar-refractivity contribution in [1.29, 1.82) is 5.26 Å². The van der Waals surface area contributed by atoms with Gasteiger partial charge in [-0.2, -0.15) is 5.26 Å². The quantitative estimate of drug-likeness (QED) is 0.702. The molecular formula is C16H21N. The van der Waals surface area contributed by atoms with Gasteiger partial charge in [0.25, 0.3) is 0 Å². The van der Waals surface area contributed by atoms with E-state index in [1.807, 2.05) is 0 Å². The molecule has 2 rings (SSSR count). The van der Waals surface area contributed by atoms with Crippen LogP contribution < -0.4 is 0 Å². The van der Waals surface area contributed by atoms with Gasteiger partial charge in [0, 0.05) is 0 Å². The van der Waals surface area contributed by atoms with Crippen molar-refractivity contribution in [1.82, 2.24) is 0 Å². The van der Waals surface area contributed by atoms with Crippen molar-refractivity contribution in [3.8, 4) is 6.07 Å². The van der Waals surface area contributed by atoms with Crippen LogP contribution in [-0.2, 0) is 5.41 Å². The SMILES string of the molecule is Cc1ccc(C2(C#N)CCCC(C)C2)cc1C. The van der Waals surface area contributed by atoms with Gasteiger partial charge in [-0.15, -0.1) is 0 Å². The second kappa shape index (κ2) is 4.53. The Hall–Kier alpha value is -1.29. The monoisotopic (exact) mass is 227 g/mol. The van der Waals surface area contributed by atoms with Gasteiger partial charge in [-0.1, -0.05) is 38.0 Å². The molecule has 1 saturated carbocycles. The molecule has 1 heteroatoms. The molecule has 0 N–H and O–H groups in total. The van der Waals surface area contributed by atoms with Gasteiger partial charge in [0.15, 0.2) is 0 Å². The molecule has 0 radical (unpaired) electrons. The Labute approximate surface area is 104 Å². The Kier molecular flexibility index (Phi) is 3.24. The minimum Gasteiger partial charge on any atom is -0.197 e. The molecule has 0 aliphatic heterocycles. The van der Waals surface area contributed by atoms with Crippen LogP contribution in [-0.4, -0.2) is 0 Å². The van der Waals surface area contributed by atoms with Gasteiger partial charge in [-0.05, 0) is 49.3 Å². The maximum Gasteiger partial charge on any atom is 0.0825 e. The number of nitriles is 1. The van der Waals surface area contributed by atoms with Gasteiger partial charge in [0.1, 0.15) is 0 Å². The van der Waals surface area contributed by atoms with E-state index in [-0.39, 0.29) is 5.41 Å². The summed E-state index contributed by atoms with van der Waals surface area (Å²) in [6, 6.07) is 9.14. The molecule has 2 atom stereocenters. The molecule has 1 aromatic carbocycles. The highest BCUT2D eigenvalue weighted by molar-refractivity contribution is 5.39. The average molecular weight is 227 g/mol. The molecule has 1 nitrogen and oxygen atoms in total. The van der Waals surface area contributed by atoms with E-state index in [1.54, 1.807) is 0 Å². The van der Waals surface area contributed by atoms with E-state index in [0.29, 0.717) is 5.92 Å². The molecule has 0 amide bonds. The number of aryl methyl sites for hydroxylation is 2. The van der Waals surface area contributed by atoms with Gasteiger partial charge >= 0.3 is 0 Å². The fourth-order valence-electron chi connectivity index (χ4n) is 3.02. The Balaban J connectivity index is 2.41. The van der Waals surface area contributed by atoms with Crippen LogP contribution in [0, 0.1) is 31.1 Å². The van der Waals surface area contributed by atoms with Crippen LogP contribution in [0.15, 0.2) is 18.2 Å². The van der Waals surface area contributed by atoms with E-state index in [4.69, 9.17) is 0 Å². The Morgan fingerprint density at radius 1 is 1.29 bits per heavy atom. The standard InChI is InChI=1S/C16H21N/c1-12-5-4-8-16(10-12,11-17)15-7-6-13(2)14(3)9-15/h6-7,9,12H,4-5,8,10H2,1-3H3. The average Bonchev–Trinajstić information content (AvgIpc) is 2.32. The molecule has 0 bridgehead atoms. The second-order valence-corrected chi connectivity index (χ2v) is 5.69. The summed E-state index contributed by atoms with van der Waals surface area (Å²) >= 11 is 0. The fourth-order valence-corrected chi connectivity index (χ4v) is 3.02. The van der Waals surface area contributed by atoms with Crippen molar-refractivity contribution >= 4 is 0 Å². The van der Waals surface area contributed by atoms with Crippen LogP contribution in [0.4, 0.5) is 0 Å². The smallest absolute Gasteiger partial charge is 0.0825 e. The molecule has 0 aromatic heterocycles. The summed E-state index contributed by atoms with van der Waals surface area (Å²) in [6.45, 7) is 6.53. The fraction of sp³-hybridized carbons (Fsp3) is 0.562. The lowest BCUT2D eigenvalue weighted by molar-refractivity contribution is 0.287. The van der Waals surface area contributed by atoms with Crippen molar-refractivity contribution in [3.05, 3.63) is 34.9 Å². The van der Waals surface area contributed by atoms with Crippen molar-refractivity contribution in [2.24, 2.45) is 5.92 Å². The number of benzene rings is 1. The second-order valence-electron chi connectivity index (χ2n) is 5.69. The highest BCUT2D eigenvalue weighted by Gasteiger charge is 2.36. The first-order chi connectivity index (χ1) is 8.07. The third-order valence-electron chi connectivity index (χ3n) is 4.27. The lowest BCUT2D eigenvalue weighted by Crippen LogP contribution is -2.30. The molecule has 0 heterocycles. The van der Waals surface area contributed by atoms with Crippen molar-refractivity contribution < 1.29 is 0 Å². The van der Waals surface area contributed by atoms with Crippen LogP contribution in [0.3, 0.4) is 0 Å². The molecule has 1 aliphatic rings. The molecule has 0 saturated heterocycles. The topological polar surface area (TPSA) is 23.8 Å². The van der Waals surface area contributed by atoms with Crippen LogP contribution in [0.1, 0.15) is 49.3 Å². The molecular weight excluding hydrogens is 206 g/mol. The zero-order valence-corrected chi connectivity index (χ0v) is 11.1. The van der Waals surface area contributed by atoms with E-state index in [0.717, 1.165) is 12.8 Å². The van der Waals surface area contributed by atoms with Gasteiger partial charge in [0.2, 0.25) is 0 Å². The Morgan fingerprint density at radius 2 is 2.06 bits per heavy atom. The van der Waals surface area contributed by atoms with Gasteiger partial charge in [0.05, 0.1) is 11.5 Å². The van der Waals surface area contributed by atoms with E-state index < -0.39 is 0 Å². The van der Waals surface area contributed by atoms with E-state index in [2.05, 4.69) is 45.0 Å². The minimum atomic E-state index is -0.226. The zero-order chi connectivity index (χ0) is 12.5. The third-order valence-corrected chi connectivity index (χ3v) is 4.27. The Morgan fingerprint density at radius 3 is 2.65 bits per heavy atom. The summed E-state index contributed by atoms with van der Waals surface area (Å²) in [4.78, 5) is 0.